The molecular weight excluding hydrogens is 406 g/mol. The van der Waals surface area contributed by atoms with Crippen LogP contribution in [0.4, 0.5) is 22.0 Å². The lowest BCUT2D eigenvalue weighted by molar-refractivity contribution is -0.384. The number of ether oxygens (including phenoxy) is 2. The Morgan fingerprint density at radius 3 is 2.32 bits per heavy atom. The fourth-order valence-corrected chi connectivity index (χ4v) is 2.55. The van der Waals surface area contributed by atoms with Crippen molar-refractivity contribution < 1.29 is 24.0 Å². The van der Waals surface area contributed by atoms with Crippen LogP contribution in [-0.4, -0.2) is 65.7 Å². The standard InChI is InChI=1S/C20H33N5O6/c1-13(2)30-18-15(21-14(3)26)12-16(25(28)29)17(22-18)24(11-9-10-23(7)8)19(27)31-20(4,5)6/h12-13H,9-11H2,1-8H3,(H,21,26). The summed E-state index contributed by atoms with van der Waals surface area (Å²) in [7, 11) is 3.77. The highest BCUT2D eigenvalue weighted by Crippen LogP contribution is 2.36. The van der Waals surface area contributed by atoms with Gasteiger partial charge in [-0.15, -0.1) is 0 Å². The largest absolute Gasteiger partial charge is 0.473 e. The molecule has 0 atom stereocenters. The van der Waals surface area contributed by atoms with E-state index in [1.165, 1.54) is 6.92 Å². The number of nitrogens with zero attached hydrogens (tertiary/aromatic N) is 4. The van der Waals surface area contributed by atoms with Crippen LogP contribution >= 0.6 is 0 Å². The lowest BCUT2D eigenvalue weighted by atomic mass is 10.2. The third-order valence-corrected chi connectivity index (χ3v) is 3.66. The van der Waals surface area contributed by atoms with Gasteiger partial charge in [0.25, 0.3) is 0 Å². The maximum Gasteiger partial charge on any atom is 0.416 e. The molecule has 1 aromatic heterocycles. The summed E-state index contributed by atoms with van der Waals surface area (Å²) in [6.45, 7) is 10.7. The smallest absolute Gasteiger partial charge is 0.416 e. The van der Waals surface area contributed by atoms with E-state index >= 15 is 0 Å². The van der Waals surface area contributed by atoms with Crippen molar-refractivity contribution >= 4 is 29.2 Å². The van der Waals surface area contributed by atoms with E-state index in [0.717, 1.165) is 11.0 Å². The van der Waals surface area contributed by atoms with Gasteiger partial charge in [-0.3, -0.25) is 19.8 Å². The summed E-state index contributed by atoms with van der Waals surface area (Å²) >= 11 is 0. The van der Waals surface area contributed by atoms with E-state index in [4.69, 9.17) is 9.47 Å². The molecule has 1 rings (SSSR count). The third kappa shape index (κ3) is 8.75. The van der Waals surface area contributed by atoms with E-state index in [2.05, 4.69) is 10.3 Å². The minimum Gasteiger partial charge on any atom is -0.473 e. The van der Waals surface area contributed by atoms with Crippen LogP contribution in [0.2, 0.25) is 0 Å². The van der Waals surface area contributed by atoms with Gasteiger partial charge in [0.05, 0.1) is 11.0 Å². The van der Waals surface area contributed by atoms with Gasteiger partial charge in [0.2, 0.25) is 17.6 Å². The first-order valence-corrected chi connectivity index (χ1v) is 10.00. The monoisotopic (exact) mass is 439 g/mol. The van der Waals surface area contributed by atoms with Crippen LogP contribution in [0, 0.1) is 10.1 Å². The SMILES string of the molecule is CC(=O)Nc1cc([N+](=O)[O-])c(N(CCCN(C)C)C(=O)OC(C)(C)C)nc1OC(C)C. The lowest BCUT2D eigenvalue weighted by Crippen LogP contribution is -2.39. The maximum atomic E-state index is 12.9. The highest BCUT2D eigenvalue weighted by Gasteiger charge is 2.32. The van der Waals surface area contributed by atoms with Crippen molar-refractivity contribution in [1.29, 1.82) is 0 Å². The topological polar surface area (TPSA) is 127 Å². The van der Waals surface area contributed by atoms with E-state index in [1.54, 1.807) is 34.6 Å². The predicted octanol–water partition coefficient (Wildman–Crippen LogP) is 3.43. The second-order valence-electron chi connectivity index (χ2n) is 8.58. The molecule has 0 aromatic carbocycles. The first-order chi connectivity index (χ1) is 14.2. The lowest BCUT2D eigenvalue weighted by Gasteiger charge is -2.27. The van der Waals surface area contributed by atoms with Crippen molar-refractivity contribution in [2.24, 2.45) is 0 Å². The molecule has 31 heavy (non-hydrogen) atoms. The Morgan fingerprint density at radius 1 is 1.26 bits per heavy atom. The van der Waals surface area contributed by atoms with Crippen molar-refractivity contribution in [3.63, 3.8) is 0 Å². The molecule has 2 amide bonds. The van der Waals surface area contributed by atoms with Crippen LogP contribution in [0.25, 0.3) is 0 Å². The number of hydrogen-bond acceptors (Lipinski definition) is 8. The van der Waals surface area contributed by atoms with E-state index < -0.39 is 28.2 Å². The molecule has 0 radical (unpaired) electrons. The number of amides is 2. The molecule has 11 nitrogen and oxygen atoms in total. The summed E-state index contributed by atoms with van der Waals surface area (Å²) in [5, 5.41) is 14.3. The van der Waals surface area contributed by atoms with Gasteiger partial charge in [-0.2, -0.15) is 4.98 Å². The van der Waals surface area contributed by atoms with Gasteiger partial charge in [0.15, 0.2) is 0 Å². The van der Waals surface area contributed by atoms with Crippen molar-refractivity contribution in [2.45, 2.75) is 59.7 Å². The summed E-state index contributed by atoms with van der Waals surface area (Å²) in [6.07, 6.45) is -0.554. The van der Waals surface area contributed by atoms with Crippen LogP contribution in [0.15, 0.2) is 6.07 Å². The summed E-state index contributed by atoms with van der Waals surface area (Å²) in [5.41, 5.74) is -1.20. The number of carbonyl (C=O) groups is 2. The van der Waals surface area contributed by atoms with Gasteiger partial charge in [0.1, 0.15) is 11.3 Å². The Morgan fingerprint density at radius 2 is 1.87 bits per heavy atom. The second kappa shape index (κ2) is 10.9. The minimum atomic E-state index is -0.806. The summed E-state index contributed by atoms with van der Waals surface area (Å²) in [6, 6.07) is 1.14. The molecule has 0 saturated heterocycles. The van der Waals surface area contributed by atoms with Gasteiger partial charge < -0.3 is 19.7 Å². The van der Waals surface area contributed by atoms with Crippen LogP contribution < -0.4 is 15.0 Å². The van der Waals surface area contributed by atoms with E-state index in [9.17, 15) is 19.7 Å². The number of nitrogens with one attached hydrogen (secondary N) is 1. The second-order valence-corrected chi connectivity index (χ2v) is 8.58. The molecular formula is C20H33N5O6. The highest BCUT2D eigenvalue weighted by atomic mass is 16.6. The van der Waals surface area contributed by atoms with Crippen molar-refractivity contribution in [1.82, 2.24) is 9.88 Å². The van der Waals surface area contributed by atoms with Crippen molar-refractivity contribution in [3.8, 4) is 5.88 Å². The minimum absolute atomic E-state index is 0.0213. The number of hydrogen-bond donors (Lipinski definition) is 1. The fourth-order valence-electron chi connectivity index (χ4n) is 2.55. The van der Waals surface area contributed by atoms with E-state index in [0.29, 0.717) is 13.0 Å². The Hall–Kier alpha value is -2.95. The van der Waals surface area contributed by atoms with E-state index in [1.807, 2.05) is 19.0 Å². The molecule has 0 aliphatic carbocycles. The number of aromatic nitrogens is 1. The molecule has 0 saturated carbocycles. The molecule has 1 N–H and O–H groups in total. The zero-order chi connectivity index (χ0) is 23.9. The van der Waals surface area contributed by atoms with Crippen LogP contribution in [0.3, 0.4) is 0 Å². The summed E-state index contributed by atoms with van der Waals surface area (Å²) in [4.78, 5) is 43.0. The molecule has 0 bridgehead atoms. The predicted molar refractivity (Wildman–Crippen MR) is 118 cm³/mol. The zero-order valence-corrected chi connectivity index (χ0v) is 19.5. The third-order valence-electron chi connectivity index (χ3n) is 3.66. The first kappa shape index (κ1) is 26.1. The summed E-state index contributed by atoms with van der Waals surface area (Å²) in [5.74, 6) is -0.665. The average molecular weight is 440 g/mol. The number of carbonyl (C=O) groups excluding carboxylic acids is 2. The van der Waals surface area contributed by atoms with Gasteiger partial charge in [-0.05, 0) is 61.7 Å². The number of rotatable bonds is 9. The average Bonchev–Trinajstić information content (AvgIpc) is 2.57. The molecule has 0 fully saturated rings. The molecule has 1 heterocycles. The van der Waals surface area contributed by atoms with Crippen molar-refractivity contribution in [3.05, 3.63) is 16.2 Å². The van der Waals surface area contributed by atoms with Gasteiger partial charge >= 0.3 is 11.8 Å². The van der Waals surface area contributed by atoms with Crippen molar-refractivity contribution in [2.75, 3.05) is 37.4 Å². The quantitative estimate of drug-likeness (QED) is 0.458. The number of anilines is 2. The summed E-state index contributed by atoms with van der Waals surface area (Å²) < 4.78 is 11.1. The zero-order valence-electron chi connectivity index (χ0n) is 19.5. The number of pyridine rings is 1. The number of nitro groups is 1. The fraction of sp³-hybridized carbons (Fsp3) is 0.650. The highest BCUT2D eigenvalue weighted by molar-refractivity contribution is 5.93. The Kier molecular flexibility index (Phi) is 9.17. The molecule has 0 aliphatic heterocycles. The molecule has 0 spiro atoms. The van der Waals surface area contributed by atoms with Gasteiger partial charge in [0, 0.05) is 19.5 Å². The Balaban J connectivity index is 3.58. The molecule has 1 aromatic rings. The van der Waals surface area contributed by atoms with Crippen LogP contribution in [0.5, 0.6) is 5.88 Å². The van der Waals surface area contributed by atoms with Crippen LogP contribution in [-0.2, 0) is 9.53 Å². The van der Waals surface area contributed by atoms with Gasteiger partial charge in [-0.25, -0.2) is 4.79 Å². The first-order valence-electron chi connectivity index (χ1n) is 10.00. The normalized spacial score (nSPS) is 11.4. The molecule has 0 aliphatic rings. The molecule has 11 heteroatoms. The molecule has 174 valence electrons. The van der Waals surface area contributed by atoms with Crippen LogP contribution in [0.1, 0.15) is 48.0 Å². The Bertz CT molecular complexity index is 804. The molecule has 0 unspecified atom stereocenters. The van der Waals surface area contributed by atoms with E-state index in [-0.39, 0.29) is 30.0 Å². The van der Waals surface area contributed by atoms with Gasteiger partial charge in [-0.1, -0.05) is 0 Å². The maximum absolute atomic E-state index is 12.9. The Labute approximate surface area is 182 Å².